The molecule has 0 radical (unpaired) electrons. The van der Waals surface area contributed by atoms with Gasteiger partial charge in [0, 0.05) is 11.4 Å². The van der Waals surface area contributed by atoms with Crippen LogP contribution in [0.25, 0.3) is 10.8 Å². The van der Waals surface area contributed by atoms with E-state index in [0.717, 1.165) is 24.0 Å². The molecule has 0 heterocycles. The summed E-state index contributed by atoms with van der Waals surface area (Å²) in [4.78, 5) is 0. The molecule has 0 aliphatic carbocycles. The topological polar surface area (TPSA) is 61.3 Å². The monoisotopic (exact) mass is 244 g/mol. The summed E-state index contributed by atoms with van der Waals surface area (Å²) in [5.41, 5.74) is 12.9. The third-order valence-electron chi connectivity index (χ3n) is 3.26. The van der Waals surface area contributed by atoms with Crippen molar-refractivity contribution in [2.45, 2.75) is 18.9 Å². The second-order valence-electron chi connectivity index (χ2n) is 4.44. The van der Waals surface area contributed by atoms with Crippen LogP contribution in [0.1, 0.15) is 24.4 Å². The molecule has 0 amide bonds. The highest BCUT2D eigenvalue weighted by Gasteiger charge is 2.11. The molecular formula is C15H20N2O. The molecule has 0 aromatic heterocycles. The number of methoxy groups -OCH3 is 1. The Morgan fingerprint density at radius 1 is 1.11 bits per heavy atom. The number of ether oxygens (including phenoxy) is 1. The fourth-order valence-electron chi connectivity index (χ4n) is 2.29. The van der Waals surface area contributed by atoms with Gasteiger partial charge >= 0.3 is 0 Å². The molecule has 0 saturated heterocycles. The van der Waals surface area contributed by atoms with E-state index in [2.05, 4.69) is 18.2 Å². The van der Waals surface area contributed by atoms with Crippen molar-refractivity contribution in [3.63, 3.8) is 0 Å². The van der Waals surface area contributed by atoms with Crippen LogP contribution < -0.4 is 16.2 Å². The first kappa shape index (κ1) is 12.9. The van der Waals surface area contributed by atoms with Crippen molar-refractivity contribution in [1.82, 2.24) is 0 Å². The van der Waals surface area contributed by atoms with Gasteiger partial charge in [0.15, 0.2) is 0 Å². The molecule has 18 heavy (non-hydrogen) atoms. The van der Waals surface area contributed by atoms with Gasteiger partial charge in [-0.3, -0.25) is 0 Å². The summed E-state index contributed by atoms with van der Waals surface area (Å²) in [6, 6.07) is 12.3. The van der Waals surface area contributed by atoms with Crippen LogP contribution in [-0.2, 0) is 0 Å². The highest BCUT2D eigenvalue weighted by atomic mass is 16.5. The smallest absolute Gasteiger partial charge is 0.126 e. The second kappa shape index (κ2) is 5.85. The van der Waals surface area contributed by atoms with Gasteiger partial charge in [0.1, 0.15) is 5.75 Å². The molecular weight excluding hydrogens is 224 g/mol. The summed E-state index contributed by atoms with van der Waals surface area (Å²) in [6.07, 6.45) is 1.86. The molecule has 4 N–H and O–H groups in total. The molecule has 0 saturated carbocycles. The van der Waals surface area contributed by atoms with Crippen molar-refractivity contribution in [3.8, 4) is 5.75 Å². The van der Waals surface area contributed by atoms with E-state index in [9.17, 15) is 0 Å². The Morgan fingerprint density at radius 3 is 2.50 bits per heavy atom. The molecule has 0 fully saturated rings. The Morgan fingerprint density at radius 2 is 1.83 bits per heavy atom. The quantitative estimate of drug-likeness (QED) is 0.849. The third-order valence-corrected chi connectivity index (χ3v) is 3.26. The molecule has 96 valence electrons. The Labute approximate surface area is 108 Å². The van der Waals surface area contributed by atoms with Gasteiger partial charge in [-0.25, -0.2) is 0 Å². The first-order valence-electron chi connectivity index (χ1n) is 6.29. The first-order chi connectivity index (χ1) is 8.77. The largest absolute Gasteiger partial charge is 0.496 e. The van der Waals surface area contributed by atoms with Crippen LogP contribution in [0.3, 0.4) is 0 Å². The summed E-state index contributed by atoms with van der Waals surface area (Å²) >= 11 is 0. The van der Waals surface area contributed by atoms with Gasteiger partial charge in [0.05, 0.1) is 7.11 Å². The number of benzene rings is 2. The molecule has 0 spiro atoms. The van der Waals surface area contributed by atoms with Crippen LogP contribution >= 0.6 is 0 Å². The average molecular weight is 244 g/mol. The van der Waals surface area contributed by atoms with Crippen molar-refractivity contribution in [1.29, 1.82) is 0 Å². The van der Waals surface area contributed by atoms with Crippen molar-refractivity contribution in [3.05, 3.63) is 42.0 Å². The number of hydrogen-bond donors (Lipinski definition) is 2. The van der Waals surface area contributed by atoms with Gasteiger partial charge in [-0.15, -0.1) is 0 Å². The van der Waals surface area contributed by atoms with E-state index in [1.165, 1.54) is 10.9 Å². The highest BCUT2D eigenvalue weighted by Crippen LogP contribution is 2.31. The summed E-state index contributed by atoms with van der Waals surface area (Å²) in [5.74, 6) is 0.889. The molecule has 3 heteroatoms. The number of fused-ring (bicyclic) bond motifs is 1. The molecule has 3 nitrogen and oxygen atoms in total. The van der Waals surface area contributed by atoms with E-state index in [0.29, 0.717) is 6.54 Å². The molecule has 0 unspecified atom stereocenters. The zero-order chi connectivity index (χ0) is 13.0. The van der Waals surface area contributed by atoms with Gasteiger partial charge in [-0.05, 0) is 36.4 Å². The highest BCUT2D eigenvalue weighted by molar-refractivity contribution is 5.91. The van der Waals surface area contributed by atoms with Gasteiger partial charge in [-0.1, -0.05) is 30.3 Å². The lowest BCUT2D eigenvalue weighted by Crippen LogP contribution is -2.13. The minimum Gasteiger partial charge on any atom is -0.496 e. The van der Waals surface area contributed by atoms with E-state index < -0.39 is 0 Å². The van der Waals surface area contributed by atoms with Crippen molar-refractivity contribution >= 4 is 10.8 Å². The summed E-state index contributed by atoms with van der Waals surface area (Å²) in [6.45, 7) is 0.682. The van der Waals surface area contributed by atoms with E-state index in [-0.39, 0.29) is 6.04 Å². The van der Waals surface area contributed by atoms with Gasteiger partial charge < -0.3 is 16.2 Å². The summed E-state index contributed by atoms with van der Waals surface area (Å²) < 4.78 is 5.38. The van der Waals surface area contributed by atoms with Crippen LogP contribution in [0.15, 0.2) is 36.4 Å². The fourth-order valence-corrected chi connectivity index (χ4v) is 2.29. The summed E-state index contributed by atoms with van der Waals surface area (Å²) in [5, 5.41) is 2.28. The standard InChI is InChI=1S/C15H20N2O/c1-18-15-9-8-12(14(17)7-4-10-16)11-5-2-3-6-13(11)15/h2-3,5-6,8-9,14H,4,7,10,16-17H2,1H3/t14-/m0/s1. The van der Waals surface area contributed by atoms with E-state index >= 15 is 0 Å². The zero-order valence-corrected chi connectivity index (χ0v) is 10.7. The average Bonchev–Trinajstić information content (AvgIpc) is 2.43. The third kappa shape index (κ3) is 2.47. The lowest BCUT2D eigenvalue weighted by Gasteiger charge is -2.16. The molecule has 0 aliphatic rings. The predicted octanol–water partition coefficient (Wildman–Crippen LogP) is 2.59. The van der Waals surface area contributed by atoms with Crippen LogP contribution in [0.2, 0.25) is 0 Å². The van der Waals surface area contributed by atoms with Crippen LogP contribution in [0, 0.1) is 0 Å². The van der Waals surface area contributed by atoms with Crippen LogP contribution in [-0.4, -0.2) is 13.7 Å². The van der Waals surface area contributed by atoms with Gasteiger partial charge in [0.25, 0.3) is 0 Å². The van der Waals surface area contributed by atoms with E-state index in [4.69, 9.17) is 16.2 Å². The van der Waals surface area contributed by atoms with Gasteiger partial charge in [-0.2, -0.15) is 0 Å². The molecule has 0 bridgehead atoms. The number of nitrogens with two attached hydrogens (primary N) is 2. The normalized spacial score (nSPS) is 12.6. The lowest BCUT2D eigenvalue weighted by atomic mass is 9.96. The molecule has 2 aromatic rings. The van der Waals surface area contributed by atoms with Crippen molar-refractivity contribution in [2.75, 3.05) is 13.7 Å². The maximum Gasteiger partial charge on any atom is 0.126 e. The van der Waals surface area contributed by atoms with Gasteiger partial charge in [0.2, 0.25) is 0 Å². The molecule has 0 aliphatic heterocycles. The Balaban J connectivity index is 2.45. The minimum atomic E-state index is 0.0318. The minimum absolute atomic E-state index is 0.0318. The summed E-state index contributed by atoms with van der Waals surface area (Å²) in [7, 11) is 1.69. The second-order valence-corrected chi connectivity index (χ2v) is 4.44. The van der Waals surface area contributed by atoms with Crippen molar-refractivity contribution < 1.29 is 4.74 Å². The molecule has 1 atom stereocenters. The Kier molecular flexibility index (Phi) is 4.18. The maximum absolute atomic E-state index is 6.24. The fraction of sp³-hybridized carbons (Fsp3) is 0.333. The molecule has 2 rings (SSSR count). The van der Waals surface area contributed by atoms with E-state index in [1.54, 1.807) is 7.11 Å². The van der Waals surface area contributed by atoms with Crippen molar-refractivity contribution in [2.24, 2.45) is 11.5 Å². The predicted molar refractivity (Wildman–Crippen MR) is 75.7 cm³/mol. The van der Waals surface area contributed by atoms with Crippen LogP contribution in [0.5, 0.6) is 5.75 Å². The Bertz CT molecular complexity index is 525. The molecule has 2 aromatic carbocycles. The van der Waals surface area contributed by atoms with Crippen LogP contribution in [0.4, 0.5) is 0 Å². The Hall–Kier alpha value is -1.58. The number of hydrogen-bond acceptors (Lipinski definition) is 3. The first-order valence-corrected chi connectivity index (χ1v) is 6.29. The lowest BCUT2D eigenvalue weighted by molar-refractivity contribution is 0.419. The zero-order valence-electron chi connectivity index (χ0n) is 10.7. The van der Waals surface area contributed by atoms with E-state index in [1.807, 2.05) is 18.2 Å². The SMILES string of the molecule is COc1ccc([C@@H](N)CCCN)c2ccccc12. The maximum atomic E-state index is 6.24. The number of rotatable bonds is 5.